The third-order valence-electron chi connectivity index (χ3n) is 5.51. The van der Waals surface area contributed by atoms with Gasteiger partial charge in [0.25, 0.3) is 11.8 Å². The Bertz CT molecular complexity index is 1350. The van der Waals surface area contributed by atoms with Crippen molar-refractivity contribution in [2.75, 3.05) is 19.7 Å². The van der Waals surface area contributed by atoms with E-state index in [-0.39, 0.29) is 24.1 Å². The molecule has 2 aromatic carbocycles. The Morgan fingerprint density at radius 1 is 1.21 bits per heavy atom. The number of nitrogens with zero attached hydrogens (tertiary/aromatic N) is 3. The lowest BCUT2D eigenvalue weighted by Gasteiger charge is -2.23. The number of fused-ring (bicyclic) bond motifs is 1. The first kappa shape index (κ1) is 21.3. The van der Waals surface area contributed by atoms with Gasteiger partial charge in [-0.3, -0.25) is 9.59 Å². The summed E-state index contributed by atoms with van der Waals surface area (Å²) in [5.41, 5.74) is 5.15. The number of ether oxygens (including phenoxy) is 1. The van der Waals surface area contributed by atoms with E-state index in [9.17, 15) is 9.59 Å². The van der Waals surface area contributed by atoms with Crippen LogP contribution in [0.1, 0.15) is 32.3 Å². The SMILES string of the molecule is Cc1cccc(-c2oc(C)nc2C(=O)N2CCOC2CNC(=O)c2cccc3ncsc23)c1. The Labute approximate surface area is 194 Å². The van der Waals surface area contributed by atoms with Crippen molar-refractivity contribution in [3.05, 3.63) is 70.7 Å². The summed E-state index contributed by atoms with van der Waals surface area (Å²) in [6, 6.07) is 13.2. The van der Waals surface area contributed by atoms with Crippen LogP contribution in [0.4, 0.5) is 0 Å². The van der Waals surface area contributed by atoms with Crippen LogP contribution < -0.4 is 5.32 Å². The smallest absolute Gasteiger partial charge is 0.278 e. The molecule has 1 aliphatic rings. The topological polar surface area (TPSA) is 97.6 Å². The van der Waals surface area contributed by atoms with Crippen molar-refractivity contribution in [3.63, 3.8) is 0 Å². The van der Waals surface area contributed by atoms with Gasteiger partial charge < -0.3 is 19.4 Å². The summed E-state index contributed by atoms with van der Waals surface area (Å²) < 4.78 is 12.4. The first-order valence-corrected chi connectivity index (χ1v) is 11.5. The second-order valence-electron chi connectivity index (χ2n) is 7.82. The second-order valence-corrected chi connectivity index (χ2v) is 8.68. The summed E-state index contributed by atoms with van der Waals surface area (Å²) in [4.78, 5) is 36.4. The number of amides is 2. The van der Waals surface area contributed by atoms with Crippen LogP contribution in [0, 0.1) is 13.8 Å². The van der Waals surface area contributed by atoms with Crippen LogP contribution in [0.15, 0.2) is 52.4 Å². The van der Waals surface area contributed by atoms with Gasteiger partial charge >= 0.3 is 0 Å². The van der Waals surface area contributed by atoms with Gasteiger partial charge in [0.05, 0.1) is 34.4 Å². The predicted molar refractivity (Wildman–Crippen MR) is 124 cm³/mol. The lowest BCUT2D eigenvalue weighted by molar-refractivity contribution is 0.0276. The maximum absolute atomic E-state index is 13.4. The maximum Gasteiger partial charge on any atom is 0.278 e. The summed E-state index contributed by atoms with van der Waals surface area (Å²) in [6.45, 7) is 4.65. The third-order valence-corrected chi connectivity index (χ3v) is 6.38. The molecule has 168 valence electrons. The number of rotatable bonds is 5. The van der Waals surface area contributed by atoms with Gasteiger partial charge in [-0.1, -0.05) is 29.8 Å². The Balaban J connectivity index is 1.34. The van der Waals surface area contributed by atoms with Crippen molar-refractivity contribution in [2.24, 2.45) is 0 Å². The van der Waals surface area contributed by atoms with Gasteiger partial charge in [-0.2, -0.15) is 0 Å². The zero-order valence-electron chi connectivity index (χ0n) is 18.2. The number of thiazole rings is 1. The summed E-state index contributed by atoms with van der Waals surface area (Å²) in [6.07, 6.45) is -0.593. The zero-order valence-corrected chi connectivity index (χ0v) is 19.0. The van der Waals surface area contributed by atoms with E-state index in [4.69, 9.17) is 9.15 Å². The Hall–Kier alpha value is -3.56. The molecule has 2 amide bonds. The number of oxazole rings is 1. The van der Waals surface area contributed by atoms with Crippen molar-refractivity contribution in [2.45, 2.75) is 20.1 Å². The molecule has 0 saturated carbocycles. The lowest BCUT2D eigenvalue weighted by Crippen LogP contribution is -2.44. The molecule has 1 atom stereocenters. The lowest BCUT2D eigenvalue weighted by atomic mass is 10.1. The van der Waals surface area contributed by atoms with Gasteiger partial charge in [0.15, 0.2) is 17.3 Å². The molecule has 1 N–H and O–H groups in total. The fourth-order valence-corrected chi connectivity index (χ4v) is 4.75. The molecule has 1 saturated heterocycles. The predicted octanol–water partition coefficient (Wildman–Crippen LogP) is 3.80. The van der Waals surface area contributed by atoms with Crippen LogP contribution in [-0.2, 0) is 4.74 Å². The number of aromatic nitrogens is 2. The van der Waals surface area contributed by atoms with Crippen molar-refractivity contribution in [1.29, 1.82) is 0 Å². The average Bonchev–Trinajstić information content (AvgIpc) is 3.55. The maximum atomic E-state index is 13.4. The minimum atomic E-state index is -0.593. The van der Waals surface area contributed by atoms with Crippen molar-refractivity contribution < 1.29 is 18.7 Å². The van der Waals surface area contributed by atoms with Crippen LogP contribution in [-0.4, -0.2) is 52.6 Å². The van der Waals surface area contributed by atoms with Crippen LogP contribution in [0.25, 0.3) is 21.5 Å². The van der Waals surface area contributed by atoms with Gasteiger partial charge in [0.1, 0.15) is 6.23 Å². The first-order chi connectivity index (χ1) is 16.0. The third kappa shape index (κ3) is 4.12. The first-order valence-electron chi connectivity index (χ1n) is 10.6. The molecular formula is C24H22N4O4S. The number of aryl methyl sites for hydroxylation is 2. The highest BCUT2D eigenvalue weighted by Gasteiger charge is 2.34. The number of hydrogen-bond acceptors (Lipinski definition) is 7. The molecule has 0 bridgehead atoms. The summed E-state index contributed by atoms with van der Waals surface area (Å²) in [7, 11) is 0. The van der Waals surface area contributed by atoms with E-state index in [0.29, 0.717) is 30.4 Å². The van der Waals surface area contributed by atoms with E-state index in [1.807, 2.05) is 37.3 Å². The van der Waals surface area contributed by atoms with Crippen LogP contribution in [0.3, 0.4) is 0 Å². The molecule has 0 aliphatic carbocycles. The van der Waals surface area contributed by atoms with E-state index in [1.54, 1.807) is 29.5 Å². The molecule has 9 heteroatoms. The molecule has 3 heterocycles. The van der Waals surface area contributed by atoms with Crippen molar-refractivity contribution >= 4 is 33.4 Å². The Morgan fingerprint density at radius 3 is 2.91 bits per heavy atom. The Morgan fingerprint density at radius 2 is 2.06 bits per heavy atom. The number of carbonyl (C=O) groups excluding carboxylic acids is 2. The van der Waals surface area contributed by atoms with Crippen molar-refractivity contribution in [3.8, 4) is 11.3 Å². The number of benzene rings is 2. The monoisotopic (exact) mass is 462 g/mol. The number of nitrogens with one attached hydrogen (secondary N) is 1. The highest BCUT2D eigenvalue weighted by molar-refractivity contribution is 7.17. The second kappa shape index (κ2) is 8.76. The van der Waals surface area contributed by atoms with Crippen LogP contribution in [0.5, 0.6) is 0 Å². The summed E-state index contributed by atoms with van der Waals surface area (Å²) >= 11 is 1.42. The van der Waals surface area contributed by atoms with Gasteiger partial charge in [-0.05, 0) is 25.1 Å². The van der Waals surface area contributed by atoms with E-state index in [1.165, 1.54) is 11.3 Å². The van der Waals surface area contributed by atoms with Gasteiger partial charge in [-0.25, -0.2) is 9.97 Å². The van der Waals surface area contributed by atoms with E-state index >= 15 is 0 Å². The molecule has 33 heavy (non-hydrogen) atoms. The molecule has 8 nitrogen and oxygen atoms in total. The van der Waals surface area contributed by atoms with Crippen LogP contribution >= 0.6 is 11.3 Å². The molecular weight excluding hydrogens is 440 g/mol. The molecule has 0 spiro atoms. The largest absolute Gasteiger partial charge is 0.440 e. The number of hydrogen-bond donors (Lipinski definition) is 1. The molecule has 2 aromatic heterocycles. The van der Waals surface area contributed by atoms with Gasteiger partial charge in [0, 0.05) is 19.0 Å². The standard InChI is InChI=1S/C24H22N4O4S/c1-14-5-3-6-16(11-14)21-20(27-15(2)32-21)24(30)28-9-10-31-19(28)12-25-23(29)17-7-4-8-18-22(17)33-13-26-18/h3-8,11,13,19H,9-10,12H2,1-2H3,(H,25,29). The minimum absolute atomic E-state index is 0.163. The van der Waals surface area contributed by atoms with E-state index < -0.39 is 6.23 Å². The molecule has 1 unspecified atom stereocenters. The molecule has 0 radical (unpaired) electrons. The summed E-state index contributed by atoms with van der Waals surface area (Å²) in [5.74, 6) is 0.334. The Kier molecular flexibility index (Phi) is 5.65. The van der Waals surface area contributed by atoms with Crippen molar-refractivity contribution in [1.82, 2.24) is 20.2 Å². The zero-order chi connectivity index (χ0) is 22.9. The van der Waals surface area contributed by atoms with Crippen LogP contribution in [0.2, 0.25) is 0 Å². The van der Waals surface area contributed by atoms with E-state index in [2.05, 4.69) is 15.3 Å². The normalized spacial score (nSPS) is 15.8. The highest BCUT2D eigenvalue weighted by atomic mass is 32.1. The fraction of sp³-hybridized carbons (Fsp3) is 0.250. The molecule has 1 fully saturated rings. The van der Waals surface area contributed by atoms with Gasteiger partial charge in [-0.15, -0.1) is 11.3 Å². The van der Waals surface area contributed by atoms with Gasteiger partial charge in [0.2, 0.25) is 0 Å². The fourth-order valence-electron chi connectivity index (χ4n) is 3.95. The molecule has 4 aromatic rings. The molecule has 1 aliphatic heterocycles. The average molecular weight is 463 g/mol. The molecule has 5 rings (SSSR count). The summed E-state index contributed by atoms with van der Waals surface area (Å²) in [5, 5.41) is 2.90. The highest BCUT2D eigenvalue weighted by Crippen LogP contribution is 2.28. The quantitative estimate of drug-likeness (QED) is 0.485. The minimum Gasteiger partial charge on any atom is -0.440 e. The van der Waals surface area contributed by atoms with E-state index in [0.717, 1.165) is 21.3 Å². The number of carbonyl (C=O) groups is 2.